The predicted molar refractivity (Wildman–Crippen MR) is 113 cm³/mol. The first-order chi connectivity index (χ1) is 15.0. The fourth-order valence-corrected chi connectivity index (χ4v) is 4.47. The highest BCUT2D eigenvalue weighted by molar-refractivity contribution is 5.59. The molecule has 0 radical (unpaired) electrons. The summed E-state index contributed by atoms with van der Waals surface area (Å²) in [4.78, 5) is 4.27. The van der Waals surface area contributed by atoms with Gasteiger partial charge in [0, 0.05) is 17.2 Å². The predicted octanol–water partition coefficient (Wildman–Crippen LogP) is 4.16. The molecule has 0 saturated carbocycles. The van der Waals surface area contributed by atoms with E-state index >= 15 is 0 Å². The molecular formula is C25H21N3O3. The van der Waals surface area contributed by atoms with Crippen molar-refractivity contribution in [2.45, 2.75) is 31.0 Å². The summed E-state index contributed by atoms with van der Waals surface area (Å²) in [6, 6.07) is 22.1. The minimum atomic E-state index is -1.53. The van der Waals surface area contributed by atoms with Crippen LogP contribution in [0.3, 0.4) is 0 Å². The van der Waals surface area contributed by atoms with Crippen LogP contribution >= 0.6 is 0 Å². The van der Waals surface area contributed by atoms with E-state index in [1.807, 2.05) is 43.3 Å². The summed E-state index contributed by atoms with van der Waals surface area (Å²) in [5.41, 5.74) is -0.352. The first-order valence-electron chi connectivity index (χ1n) is 10.0. The number of benzene rings is 2. The van der Waals surface area contributed by atoms with Crippen LogP contribution in [0, 0.1) is 22.7 Å². The number of nitrogens with zero attached hydrogens (tertiary/aromatic N) is 3. The Morgan fingerprint density at radius 2 is 1.71 bits per heavy atom. The summed E-state index contributed by atoms with van der Waals surface area (Å²) >= 11 is 0. The molecule has 1 N–H and O–H groups in total. The molecule has 0 aliphatic carbocycles. The van der Waals surface area contributed by atoms with E-state index in [1.54, 1.807) is 24.3 Å². The van der Waals surface area contributed by atoms with Gasteiger partial charge in [0.1, 0.15) is 23.1 Å². The average molecular weight is 411 g/mol. The van der Waals surface area contributed by atoms with E-state index in [4.69, 9.17) is 9.47 Å². The first kappa shape index (κ1) is 20.4. The van der Waals surface area contributed by atoms with E-state index in [2.05, 4.69) is 11.1 Å². The maximum Gasteiger partial charge on any atom is 0.224 e. The number of pyridine rings is 1. The van der Waals surface area contributed by atoms with Gasteiger partial charge in [-0.15, -0.1) is 0 Å². The maximum atomic E-state index is 12.4. The molecule has 2 heterocycles. The minimum Gasteiger partial charge on any atom is -0.481 e. The van der Waals surface area contributed by atoms with Gasteiger partial charge >= 0.3 is 0 Å². The molecule has 1 aliphatic rings. The molecule has 1 aliphatic heterocycles. The molecule has 0 fully saturated rings. The summed E-state index contributed by atoms with van der Waals surface area (Å²) in [6.07, 6.45) is 1.02. The summed E-state index contributed by atoms with van der Waals surface area (Å²) in [7, 11) is 1.46. The Bertz CT molecular complexity index is 1200. The molecule has 0 spiro atoms. The van der Waals surface area contributed by atoms with Gasteiger partial charge < -0.3 is 14.6 Å². The van der Waals surface area contributed by atoms with Crippen molar-refractivity contribution < 1.29 is 14.6 Å². The Kier molecular flexibility index (Phi) is 5.10. The second kappa shape index (κ2) is 7.75. The molecule has 154 valence electrons. The van der Waals surface area contributed by atoms with Crippen molar-refractivity contribution in [1.29, 1.82) is 10.5 Å². The highest BCUT2D eigenvalue weighted by Crippen LogP contribution is 2.60. The maximum absolute atomic E-state index is 12.4. The lowest BCUT2D eigenvalue weighted by Crippen LogP contribution is -2.50. The van der Waals surface area contributed by atoms with Crippen LogP contribution in [-0.2, 0) is 11.2 Å². The third-order valence-corrected chi connectivity index (χ3v) is 5.73. The van der Waals surface area contributed by atoms with Crippen LogP contribution in [0.1, 0.15) is 47.7 Å². The van der Waals surface area contributed by atoms with Crippen molar-refractivity contribution in [3.8, 4) is 23.8 Å². The number of hydrogen-bond acceptors (Lipinski definition) is 6. The standard InChI is InChI=1S/C25H21N3O3/c1-3-13-24(29)22-21(14-20(16-27)28-23(22)30-2)31-25(24,18-7-5-4-6-8-18)19-11-9-17(15-26)10-12-19/h4-12,14,29H,3,13H2,1-2H3. The molecule has 2 atom stereocenters. The Morgan fingerprint density at radius 3 is 2.29 bits per heavy atom. The van der Waals surface area contributed by atoms with Crippen LogP contribution in [0.25, 0.3) is 0 Å². The molecule has 0 amide bonds. The Morgan fingerprint density at radius 1 is 1.03 bits per heavy atom. The van der Waals surface area contributed by atoms with E-state index in [-0.39, 0.29) is 11.6 Å². The number of ether oxygens (including phenoxy) is 2. The van der Waals surface area contributed by atoms with Gasteiger partial charge in [0.15, 0.2) is 5.60 Å². The number of aliphatic hydroxyl groups is 1. The van der Waals surface area contributed by atoms with Crippen molar-refractivity contribution in [3.05, 3.63) is 88.6 Å². The van der Waals surface area contributed by atoms with Crippen LogP contribution in [0.5, 0.6) is 11.6 Å². The molecular weight excluding hydrogens is 390 g/mol. The van der Waals surface area contributed by atoms with Crippen molar-refractivity contribution in [2.75, 3.05) is 7.11 Å². The summed E-state index contributed by atoms with van der Waals surface area (Å²) in [5, 5.41) is 31.0. The smallest absolute Gasteiger partial charge is 0.224 e. The second-order valence-corrected chi connectivity index (χ2v) is 7.45. The van der Waals surface area contributed by atoms with Gasteiger partial charge in [-0.05, 0) is 18.6 Å². The Hall–Kier alpha value is -3.87. The molecule has 3 aromatic rings. The number of fused-ring (bicyclic) bond motifs is 1. The molecule has 4 rings (SSSR count). The van der Waals surface area contributed by atoms with E-state index in [0.29, 0.717) is 35.3 Å². The molecule has 0 saturated heterocycles. The van der Waals surface area contributed by atoms with Gasteiger partial charge in [-0.3, -0.25) is 0 Å². The lowest BCUT2D eigenvalue weighted by Gasteiger charge is -2.42. The molecule has 0 bridgehead atoms. The number of rotatable bonds is 5. The lowest BCUT2D eigenvalue weighted by atomic mass is 9.69. The van der Waals surface area contributed by atoms with E-state index < -0.39 is 11.2 Å². The van der Waals surface area contributed by atoms with Crippen LogP contribution in [0.2, 0.25) is 0 Å². The van der Waals surface area contributed by atoms with Gasteiger partial charge in [0.05, 0.1) is 24.3 Å². The molecule has 31 heavy (non-hydrogen) atoms. The minimum absolute atomic E-state index is 0.137. The van der Waals surface area contributed by atoms with Gasteiger partial charge in [-0.25, -0.2) is 4.98 Å². The van der Waals surface area contributed by atoms with Gasteiger partial charge in [-0.1, -0.05) is 55.8 Å². The van der Waals surface area contributed by atoms with Gasteiger partial charge in [0.25, 0.3) is 0 Å². The zero-order chi connectivity index (χ0) is 22.1. The van der Waals surface area contributed by atoms with E-state index in [9.17, 15) is 15.6 Å². The largest absolute Gasteiger partial charge is 0.481 e. The fourth-order valence-electron chi connectivity index (χ4n) is 4.47. The highest BCUT2D eigenvalue weighted by Gasteiger charge is 2.63. The normalized spacial score (nSPS) is 21.5. The van der Waals surface area contributed by atoms with Crippen molar-refractivity contribution >= 4 is 0 Å². The van der Waals surface area contributed by atoms with Gasteiger partial charge in [-0.2, -0.15) is 10.5 Å². The van der Waals surface area contributed by atoms with Crippen molar-refractivity contribution in [3.63, 3.8) is 0 Å². The summed E-state index contributed by atoms with van der Waals surface area (Å²) in [5.74, 6) is 0.518. The topological polar surface area (TPSA) is 99.2 Å². The van der Waals surface area contributed by atoms with Gasteiger partial charge in [0.2, 0.25) is 5.88 Å². The van der Waals surface area contributed by atoms with E-state index in [0.717, 1.165) is 5.56 Å². The zero-order valence-electron chi connectivity index (χ0n) is 17.3. The molecule has 2 aromatic carbocycles. The molecule has 6 heteroatoms. The molecule has 1 aromatic heterocycles. The number of methoxy groups -OCH3 is 1. The summed E-state index contributed by atoms with van der Waals surface area (Å²) in [6.45, 7) is 1.98. The quantitative estimate of drug-likeness (QED) is 0.677. The Labute approximate surface area is 180 Å². The number of nitriles is 2. The second-order valence-electron chi connectivity index (χ2n) is 7.45. The molecule has 2 unspecified atom stereocenters. The van der Waals surface area contributed by atoms with Crippen LogP contribution in [0.15, 0.2) is 60.7 Å². The average Bonchev–Trinajstić information content (AvgIpc) is 3.08. The summed E-state index contributed by atoms with van der Waals surface area (Å²) < 4.78 is 12.1. The van der Waals surface area contributed by atoms with Crippen LogP contribution in [-0.4, -0.2) is 17.2 Å². The first-order valence-corrected chi connectivity index (χ1v) is 10.0. The lowest BCUT2D eigenvalue weighted by molar-refractivity contribution is -0.103. The Balaban J connectivity index is 2.09. The molecule has 6 nitrogen and oxygen atoms in total. The van der Waals surface area contributed by atoms with Crippen molar-refractivity contribution in [1.82, 2.24) is 4.98 Å². The fraction of sp³-hybridized carbons (Fsp3) is 0.240. The van der Waals surface area contributed by atoms with Crippen molar-refractivity contribution in [2.24, 2.45) is 0 Å². The number of hydrogen-bond donors (Lipinski definition) is 1. The van der Waals surface area contributed by atoms with Crippen LogP contribution < -0.4 is 9.47 Å². The van der Waals surface area contributed by atoms with E-state index in [1.165, 1.54) is 13.2 Å². The number of aromatic nitrogens is 1. The SMILES string of the molecule is CCCC1(O)c2c(cc(C#N)nc2OC)OC1(c1ccccc1)c1ccc(C#N)cc1. The highest BCUT2D eigenvalue weighted by atomic mass is 16.5. The third-order valence-electron chi connectivity index (χ3n) is 5.73. The monoisotopic (exact) mass is 411 g/mol. The third kappa shape index (κ3) is 2.92. The van der Waals surface area contributed by atoms with Crippen LogP contribution in [0.4, 0.5) is 0 Å². The zero-order valence-corrected chi connectivity index (χ0v) is 17.3.